The minimum atomic E-state index is 0.867. The molecule has 1 aliphatic rings. The van der Waals surface area contributed by atoms with E-state index in [1.54, 1.807) is 18.4 Å². The fourth-order valence-corrected chi connectivity index (χ4v) is 2.05. The molecule has 0 saturated carbocycles. The summed E-state index contributed by atoms with van der Waals surface area (Å²) in [5.41, 5.74) is 4.07. The van der Waals surface area contributed by atoms with Gasteiger partial charge in [0.15, 0.2) is 0 Å². The van der Waals surface area contributed by atoms with E-state index >= 15 is 0 Å². The molecule has 1 aliphatic heterocycles. The van der Waals surface area contributed by atoms with Gasteiger partial charge in [0.05, 0.1) is 19.0 Å². The lowest BCUT2D eigenvalue weighted by molar-refractivity contribution is 0.420. The van der Waals surface area contributed by atoms with Crippen LogP contribution < -0.4 is 15.3 Å². The second-order valence-corrected chi connectivity index (χ2v) is 3.90. The Morgan fingerprint density at radius 1 is 1.11 bits per heavy atom. The van der Waals surface area contributed by atoms with Gasteiger partial charge in [-0.1, -0.05) is 24.3 Å². The van der Waals surface area contributed by atoms with Crippen LogP contribution in [0.2, 0.25) is 0 Å². The zero-order valence-electron chi connectivity index (χ0n) is 10.00. The Balaban J connectivity index is 2.18. The smallest absolute Gasteiger partial charge is 0.126 e. The van der Waals surface area contributed by atoms with Crippen molar-refractivity contribution in [1.82, 2.24) is 5.43 Å². The fourth-order valence-electron chi connectivity index (χ4n) is 2.05. The molecule has 0 saturated heterocycles. The van der Waals surface area contributed by atoms with E-state index < -0.39 is 0 Å². The highest BCUT2D eigenvalue weighted by Gasteiger charge is 2.11. The van der Waals surface area contributed by atoms with Gasteiger partial charge in [0, 0.05) is 17.0 Å². The number of hydrogen-bond donors (Lipinski definition) is 1. The number of hydrazine groups is 1. The van der Waals surface area contributed by atoms with Crippen LogP contribution in [0.25, 0.3) is 10.8 Å². The van der Waals surface area contributed by atoms with Crippen LogP contribution >= 0.6 is 0 Å². The summed E-state index contributed by atoms with van der Waals surface area (Å²) >= 11 is 0. The van der Waals surface area contributed by atoms with Crippen LogP contribution in [-0.2, 0) is 0 Å². The van der Waals surface area contributed by atoms with Crippen molar-refractivity contribution in [2.75, 3.05) is 12.2 Å². The van der Waals surface area contributed by atoms with Crippen LogP contribution in [0, 0.1) is 0 Å². The maximum Gasteiger partial charge on any atom is 0.126 e. The first-order valence-corrected chi connectivity index (χ1v) is 5.71. The van der Waals surface area contributed by atoms with Crippen molar-refractivity contribution < 1.29 is 4.74 Å². The first-order valence-electron chi connectivity index (χ1n) is 5.71. The van der Waals surface area contributed by atoms with Crippen LogP contribution in [0.1, 0.15) is 0 Å². The maximum atomic E-state index is 5.38. The Hall–Kier alpha value is -2.49. The van der Waals surface area contributed by atoms with E-state index in [2.05, 4.69) is 16.6 Å². The number of anilines is 1. The number of nitrogens with zero attached hydrogens (tertiary/aromatic N) is 2. The molecular weight excluding hydrogens is 226 g/mol. The van der Waals surface area contributed by atoms with Crippen molar-refractivity contribution in [2.45, 2.75) is 0 Å². The molecule has 0 fully saturated rings. The van der Waals surface area contributed by atoms with Crippen LogP contribution in [0.15, 0.2) is 53.8 Å². The lowest BCUT2D eigenvalue weighted by Crippen LogP contribution is -2.30. The summed E-state index contributed by atoms with van der Waals surface area (Å²) in [5, 5.41) is 8.18. The molecule has 0 spiro atoms. The molecule has 4 nitrogen and oxygen atoms in total. The highest BCUT2D eigenvalue weighted by molar-refractivity contribution is 5.98. The molecule has 0 aromatic heterocycles. The zero-order chi connectivity index (χ0) is 12.4. The third-order valence-electron chi connectivity index (χ3n) is 2.87. The van der Waals surface area contributed by atoms with Gasteiger partial charge in [0.2, 0.25) is 0 Å². The number of methoxy groups -OCH3 is 1. The third kappa shape index (κ3) is 1.68. The first-order chi connectivity index (χ1) is 8.90. The predicted octanol–water partition coefficient (Wildman–Crippen LogP) is 2.67. The molecule has 90 valence electrons. The Morgan fingerprint density at radius 3 is 2.67 bits per heavy atom. The molecule has 1 N–H and O–H groups in total. The second-order valence-electron chi connectivity index (χ2n) is 3.90. The Bertz CT molecular complexity index is 634. The lowest BCUT2D eigenvalue weighted by atomic mass is 10.1. The number of benzene rings is 2. The fraction of sp³-hybridized carbons (Fsp3) is 0.0714. The van der Waals surface area contributed by atoms with Crippen LogP contribution in [-0.4, -0.2) is 13.3 Å². The van der Waals surface area contributed by atoms with Gasteiger partial charge in [-0.3, -0.25) is 5.43 Å². The van der Waals surface area contributed by atoms with Crippen LogP contribution in [0.5, 0.6) is 5.75 Å². The van der Waals surface area contributed by atoms with Crippen molar-refractivity contribution in [2.24, 2.45) is 5.10 Å². The second kappa shape index (κ2) is 4.41. The number of rotatable bonds is 2. The number of hydrogen-bond acceptors (Lipinski definition) is 4. The van der Waals surface area contributed by atoms with Crippen molar-refractivity contribution in [3.8, 4) is 5.75 Å². The summed E-state index contributed by atoms with van der Waals surface area (Å²) in [7, 11) is 1.68. The molecule has 18 heavy (non-hydrogen) atoms. The van der Waals surface area contributed by atoms with Crippen molar-refractivity contribution in [1.29, 1.82) is 0 Å². The minimum absolute atomic E-state index is 0.867. The highest BCUT2D eigenvalue weighted by atomic mass is 16.5. The standard InChI is InChI=1S/C14H13N3O/c1-18-14-8-7-13(17-15-9-4-10-16-17)11-5-2-3-6-12(11)14/h2-10,15H,1H3. The van der Waals surface area contributed by atoms with Crippen molar-refractivity contribution >= 4 is 22.7 Å². The normalized spacial score (nSPS) is 13.7. The molecule has 0 aliphatic carbocycles. The largest absolute Gasteiger partial charge is 0.496 e. The van der Waals surface area contributed by atoms with Gasteiger partial charge < -0.3 is 4.74 Å². The van der Waals surface area contributed by atoms with Crippen molar-refractivity contribution in [3.63, 3.8) is 0 Å². The lowest BCUT2D eigenvalue weighted by Gasteiger charge is -2.22. The molecule has 0 amide bonds. The van der Waals surface area contributed by atoms with E-state index in [1.165, 1.54) is 0 Å². The molecule has 0 atom stereocenters. The highest BCUT2D eigenvalue weighted by Crippen LogP contribution is 2.33. The SMILES string of the molecule is COc1ccc(N2N=CC=CN2)c2ccccc12. The average molecular weight is 239 g/mol. The van der Waals surface area contributed by atoms with E-state index in [9.17, 15) is 0 Å². The molecule has 4 heteroatoms. The number of fused-ring (bicyclic) bond motifs is 1. The third-order valence-corrected chi connectivity index (χ3v) is 2.87. The molecule has 3 rings (SSSR count). The van der Waals surface area contributed by atoms with Crippen LogP contribution in [0.3, 0.4) is 0 Å². The molecule has 2 aromatic carbocycles. The topological polar surface area (TPSA) is 36.9 Å². The van der Waals surface area contributed by atoms with Gasteiger partial charge in [-0.25, -0.2) is 0 Å². The summed E-state index contributed by atoms with van der Waals surface area (Å²) in [6.07, 6.45) is 5.43. The van der Waals surface area contributed by atoms with Gasteiger partial charge in [0.1, 0.15) is 5.75 Å². The van der Waals surface area contributed by atoms with Gasteiger partial charge in [0.25, 0.3) is 0 Å². The molecule has 0 bridgehead atoms. The summed E-state index contributed by atoms with van der Waals surface area (Å²) in [6.45, 7) is 0. The average Bonchev–Trinajstić information content (AvgIpc) is 2.47. The number of hydrazone groups is 1. The van der Waals surface area contributed by atoms with Gasteiger partial charge in [-0.05, 0) is 18.2 Å². The Kier molecular flexibility index (Phi) is 2.61. The van der Waals surface area contributed by atoms with Gasteiger partial charge in [-0.2, -0.15) is 10.2 Å². The Morgan fingerprint density at radius 2 is 1.94 bits per heavy atom. The van der Waals surface area contributed by atoms with E-state index in [4.69, 9.17) is 4.74 Å². The quantitative estimate of drug-likeness (QED) is 0.875. The van der Waals surface area contributed by atoms with Crippen molar-refractivity contribution in [3.05, 3.63) is 48.7 Å². The molecular formula is C14H13N3O. The van der Waals surface area contributed by atoms with E-state index in [0.717, 1.165) is 22.2 Å². The molecule has 1 heterocycles. The molecule has 0 radical (unpaired) electrons. The zero-order valence-corrected chi connectivity index (χ0v) is 10.00. The van der Waals surface area contributed by atoms with E-state index in [0.29, 0.717) is 0 Å². The minimum Gasteiger partial charge on any atom is -0.496 e. The first kappa shape index (κ1) is 10.7. The van der Waals surface area contributed by atoms with Crippen LogP contribution in [0.4, 0.5) is 5.69 Å². The Labute approximate surface area is 105 Å². The summed E-state index contributed by atoms with van der Waals surface area (Å²) in [6, 6.07) is 12.1. The number of ether oxygens (including phenoxy) is 1. The predicted molar refractivity (Wildman–Crippen MR) is 73.7 cm³/mol. The van der Waals surface area contributed by atoms with E-state index in [-0.39, 0.29) is 0 Å². The van der Waals surface area contributed by atoms with E-state index in [1.807, 2.05) is 42.6 Å². The number of nitrogens with one attached hydrogen (secondary N) is 1. The molecule has 0 unspecified atom stereocenters. The van der Waals surface area contributed by atoms with Gasteiger partial charge in [-0.15, -0.1) is 0 Å². The summed E-state index contributed by atoms with van der Waals surface area (Å²) in [4.78, 5) is 0. The summed E-state index contributed by atoms with van der Waals surface area (Å²) in [5.74, 6) is 0.867. The molecule has 2 aromatic rings. The maximum absolute atomic E-state index is 5.38. The van der Waals surface area contributed by atoms with Gasteiger partial charge >= 0.3 is 0 Å². The monoisotopic (exact) mass is 239 g/mol. The number of allylic oxidation sites excluding steroid dienone is 1. The summed E-state index contributed by atoms with van der Waals surface area (Å²) < 4.78 is 5.38.